The summed E-state index contributed by atoms with van der Waals surface area (Å²) in [5, 5.41) is 0. The second kappa shape index (κ2) is 61.7. The Hall–Kier alpha value is 1.08. The number of carbonyl (C=O) groups is 8. The van der Waals surface area contributed by atoms with Gasteiger partial charge in [-0.25, -0.2) is 0 Å². The van der Waals surface area contributed by atoms with Crippen molar-refractivity contribution in [3.05, 3.63) is 0 Å². The number of hydrogen-bond donors (Lipinski definition) is 0. The first-order valence-electron chi connectivity index (χ1n) is 40.0. The second-order valence-electron chi connectivity index (χ2n) is 37.0. The molecule has 0 amide bonds. The van der Waals surface area contributed by atoms with E-state index in [1.165, 1.54) is 0 Å². The molecule has 0 aromatic rings. The third-order valence-electron chi connectivity index (χ3n) is 16.4. The molecule has 0 bridgehead atoms. The Morgan fingerprint density at radius 2 is 0.286 bits per heavy atom. The predicted molar refractivity (Wildman–Crippen MR) is 520 cm³/mol. The van der Waals surface area contributed by atoms with Crippen molar-refractivity contribution in [2.45, 2.75) is 234 Å². The zero-order valence-corrected chi connectivity index (χ0v) is 92.0. The maximum atomic E-state index is 13.1. The van der Waals surface area contributed by atoms with Gasteiger partial charge in [0.1, 0.15) is 121 Å². The van der Waals surface area contributed by atoms with Gasteiger partial charge in [0, 0.05) is 0 Å². The minimum absolute atomic E-state index is 0.0148. The Morgan fingerprint density at radius 3 is 0.387 bits per heavy atom. The fourth-order valence-corrected chi connectivity index (χ4v) is 10.3. The minimum Gasteiger partial charge on any atom is -0.462 e. The van der Waals surface area contributed by atoms with Crippen LogP contribution in [0.5, 0.6) is 0 Å². The summed E-state index contributed by atoms with van der Waals surface area (Å²) in [7, 11) is 0. The van der Waals surface area contributed by atoms with E-state index >= 15 is 0 Å². The first-order valence-corrected chi connectivity index (χ1v) is 50.0. The van der Waals surface area contributed by atoms with Crippen LogP contribution >= 0.6 is 181 Å². The number of ether oxygens (including phenoxy) is 21. The summed E-state index contributed by atoms with van der Waals surface area (Å²) < 4.78 is 125. The lowest BCUT2D eigenvalue weighted by molar-refractivity contribution is -0.180. The lowest BCUT2D eigenvalue weighted by Crippen LogP contribution is -2.42. The predicted octanol–water partition coefficient (Wildman–Crippen LogP) is 14.6. The molecule has 119 heavy (non-hydrogen) atoms. The number of alkyl halides is 8. The van der Waals surface area contributed by atoms with Crippen LogP contribution in [0.15, 0.2) is 0 Å². The van der Waals surface area contributed by atoms with E-state index in [9.17, 15) is 38.4 Å². The molecule has 0 aliphatic heterocycles. The van der Waals surface area contributed by atoms with Gasteiger partial charge in [0.15, 0.2) is 0 Å². The van der Waals surface area contributed by atoms with Crippen molar-refractivity contribution in [1.29, 1.82) is 0 Å². The smallest absolute Gasteiger partial charge is 0.319 e. The molecule has 37 heteroatoms. The van der Waals surface area contributed by atoms with Crippen molar-refractivity contribution in [3.8, 4) is 0 Å². The van der Waals surface area contributed by atoms with Gasteiger partial charge in [0.05, 0.1) is 132 Å². The fraction of sp³-hybridized carbons (Fsp3) is 0.902. The molecule has 0 N–H and O–H groups in total. The molecule has 0 aromatic carbocycles. The first kappa shape index (κ1) is 120. The highest BCUT2D eigenvalue weighted by atomic mass is 127. The van der Waals surface area contributed by atoms with Gasteiger partial charge in [0.25, 0.3) is 0 Å². The summed E-state index contributed by atoms with van der Waals surface area (Å²) in [6, 6.07) is 0. The highest BCUT2D eigenvalue weighted by molar-refractivity contribution is 14.1. The molecule has 0 saturated carbocycles. The molecule has 0 aliphatic carbocycles. The fourth-order valence-electron chi connectivity index (χ4n) is 8.82. The third-order valence-corrected chi connectivity index (χ3v) is 35.4. The maximum Gasteiger partial charge on any atom is 0.319 e. The van der Waals surface area contributed by atoms with E-state index in [1.54, 1.807) is 0 Å². The van der Waals surface area contributed by atoms with Crippen molar-refractivity contribution in [2.75, 3.05) is 185 Å². The molecule has 8 atom stereocenters. The Morgan fingerprint density at radius 1 is 0.176 bits per heavy atom. The van der Waals surface area contributed by atoms with Gasteiger partial charge < -0.3 is 99.5 Å². The Labute approximate surface area is 819 Å². The lowest BCUT2D eigenvalue weighted by Gasteiger charge is -2.30. The van der Waals surface area contributed by atoms with Gasteiger partial charge in [-0.1, -0.05) is 347 Å². The largest absolute Gasteiger partial charge is 0.462 e. The van der Waals surface area contributed by atoms with Crippen molar-refractivity contribution < 1.29 is 138 Å². The Bertz CT molecular complexity index is 2310. The molecular formula is C82H142I8O29. The van der Waals surface area contributed by atoms with Crippen LogP contribution in [0.4, 0.5) is 0 Å². The van der Waals surface area contributed by atoms with Gasteiger partial charge in [-0.15, -0.1) is 0 Å². The molecule has 8 unspecified atom stereocenters. The van der Waals surface area contributed by atoms with Gasteiger partial charge in [0.2, 0.25) is 0 Å². The second-order valence-corrected chi connectivity index (χ2v) is 46.9. The van der Waals surface area contributed by atoms with E-state index in [4.69, 9.17) is 99.5 Å². The summed E-state index contributed by atoms with van der Waals surface area (Å²) in [6.45, 7) is 44.2. The van der Waals surface area contributed by atoms with Crippen molar-refractivity contribution in [3.63, 3.8) is 0 Å². The monoisotopic (exact) mass is 2610 g/mol. The summed E-state index contributed by atoms with van der Waals surface area (Å²) in [5.74, 6) is -3.19. The molecule has 29 nitrogen and oxygen atoms in total. The molecule has 0 rings (SSSR count). The van der Waals surface area contributed by atoms with Crippen LogP contribution in [0.25, 0.3) is 0 Å². The van der Waals surface area contributed by atoms with Crippen LogP contribution in [0.1, 0.15) is 166 Å². The zero-order chi connectivity index (χ0) is 91.3. The standard InChI is InChI=1S/C82H142I8O29/c1-75(2,3)59(83)67(91)107-33-25-99-41-53(42-100-26-34-108-68(92)60(84)76(4,5)6)115-49-57(50-116-54(43-101-27-35-109-69(93)61(85)77(7,8)9)44-102-28-36-110-70(94)62(86)78(10,11)12)119-58(51-117-55(45-103-29-37-111-71(95)63(87)79(13,14)15)46-104-30-38-112-72(96)64(88)80(16,17)18)52-118-56(47-105-31-39-113-73(97)65(89)81(19,20)21)48-106-32-40-114-74(98)66(90)82(22,23)24/h53-66H,25-52H2,1-24H3. The van der Waals surface area contributed by atoms with Gasteiger partial charge in [-0.3, -0.25) is 38.4 Å². The molecule has 0 radical (unpaired) electrons. The molecule has 700 valence electrons. The van der Waals surface area contributed by atoms with Crippen LogP contribution < -0.4 is 0 Å². The highest BCUT2D eigenvalue weighted by Gasteiger charge is 2.37. The molecule has 0 fully saturated rings. The third kappa shape index (κ3) is 57.1. The number of carbonyl (C=O) groups excluding carboxylic acids is 8. The quantitative estimate of drug-likeness (QED) is 0.0179. The van der Waals surface area contributed by atoms with E-state index in [0.29, 0.717) is 0 Å². The van der Waals surface area contributed by atoms with Gasteiger partial charge in [-0.2, -0.15) is 0 Å². The average Bonchev–Trinajstić information content (AvgIpc) is 0.914. The molecule has 0 spiro atoms. The number of esters is 8. The minimum atomic E-state index is -1.06. The summed E-state index contributed by atoms with van der Waals surface area (Å²) >= 11 is 16.5. The van der Waals surface area contributed by atoms with Crippen molar-refractivity contribution in [1.82, 2.24) is 0 Å². The van der Waals surface area contributed by atoms with Gasteiger partial charge >= 0.3 is 47.8 Å². The average molecular weight is 2610 g/mol. The van der Waals surface area contributed by atoms with E-state index < -0.39 is 116 Å². The Balaban J connectivity index is 8.39. The molecular weight excluding hydrogens is 2460 g/mol. The van der Waals surface area contributed by atoms with Crippen LogP contribution in [-0.2, 0) is 138 Å². The molecule has 0 saturated heterocycles. The van der Waals surface area contributed by atoms with E-state index in [-0.39, 0.29) is 228 Å². The normalized spacial score (nSPS) is 16.4. The first-order chi connectivity index (χ1) is 54.8. The molecule has 0 aromatic heterocycles. The topological polar surface area (TPSA) is 330 Å². The van der Waals surface area contributed by atoms with Crippen LogP contribution in [0.3, 0.4) is 0 Å². The van der Waals surface area contributed by atoms with Crippen LogP contribution in [0, 0.1) is 43.3 Å². The van der Waals surface area contributed by atoms with Crippen molar-refractivity contribution in [2.24, 2.45) is 43.3 Å². The SMILES string of the molecule is CC(C)(C)C(I)C(=O)OCCOCC(COCCOC(=O)C(I)C(C)(C)C)OCC(COC(COCCOC(=O)C(I)C(C)(C)C)COCCOC(=O)C(I)C(C)(C)C)OC(COC(COCCOC(=O)C(I)C(C)(C)C)COCCOC(=O)C(I)C(C)(C)C)COC(COCCOC(=O)C(I)C(C)(C)C)COCCOC(=O)C(I)C(C)(C)C. The Kier molecular flexibility index (Phi) is 62.2. The highest BCUT2D eigenvalue weighted by Crippen LogP contribution is 2.34. The van der Waals surface area contributed by atoms with E-state index in [1.807, 2.05) is 166 Å². The summed E-state index contributed by atoms with van der Waals surface area (Å²) in [5.41, 5.74) is -2.96. The maximum absolute atomic E-state index is 13.1. The zero-order valence-electron chi connectivity index (χ0n) is 74.7. The van der Waals surface area contributed by atoms with Crippen LogP contribution in [0.2, 0.25) is 0 Å². The summed E-state index contributed by atoms with van der Waals surface area (Å²) in [6.07, 6.45) is -5.57. The van der Waals surface area contributed by atoms with Crippen LogP contribution in [-0.4, -0.2) is 301 Å². The number of halogens is 8. The lowest BCUT2D eigenvalue weighted by atomic mass is 9.92. The number of hydrogen-bond acceptors (Lipinski definition) is 29. The van der Waals surface area contributed by atoms with E-state index in [0.717, 1.165) is 0 Å². The van der Waals surface area contributed by atoms with Crippen molar-refractivity contribution >= 4 is 228 Å². The van der Waals surface area contributed by atoms with Gasteiger partial charge in [-0.05, 0) is 43.3 Å². The molecule has 0 heterocycles. The molecule has 0 aliphatic rings. The number of rotatable bonds is 62. The van der Waals surface area contributed by atoms with E-state index in [2.05, 4.69) is 181 Å². The summed E-state index contributed by atoms with van der Waals surface area (Å²) in [4.78, 5) is 105.